The number of aromatic nitrogens is 2. The highest BCUT2D eigenvalue weighted by molar-refractivity contribution is 5.77. The molecule has 0 aliphatic rings. The largest absolute Gasteiger partial charge is 0.307 e. The number of aromatic amines is 1. The first-order chi connectivity index (χ1) is 6.31. The minimum Gasteiger partial charge on any atom is -0.307 e. The summed E-state index contributed by atoms with van der Waals surface area (Å²) >= 11 is 0. The van der Waals surface area contributed by atoms with Gasteiger partial charge in [-0.2, -0.15) is 0 Å². The SMILES string of the molecule is CCc1cc(=O)[nH]c2ncccc12. The van der Waals surface area contributed by atoms with Crippen LogP contribution in [0.1, 0.15) is 12.5 Å². The predicted octanol–water partition coefficient (Wildman–Crippen LogP) is 1.49. The van der Waals surface area contributed by atoms with Crippen molar-refractivity contribution < 1.29 is 0 Å². The first kappa shape index (κ1) is 7.98. The summed E-state index contributed by atoms with van der Waals surface area (Å²) in [4.78, 5) is 18.0. The Morgan fingerprint density at radius 3 is 3.15 bits per heavy atom. The van der Waals surface area contributed by atoms with Crippen LogP contribution in [-0.4, -0.2) is 9.97 Å². The van der Waals surface area contributed by atoms with Crippen molar-refractivity contribution in [2.45, 2.75) is 13.3 Å². The molecule has 2 heterocycles. The number of hydrogen-bond donors (Lipinski definition) is 1. The molecular weight excluding hydrogens is 164 g/mol. The lowest BCUT2D eigenvalue weighted by atomic mass is 10.1. The van der Waals surface area contributed by atoms with Gasteiger partial charge in [0.05, 0.1) is 0 Å². The maximum absolute atomic E-state index is 11.2. The molecule has 3 heteroatoms. The number of pyridine rings is 2. The van der Waals surface area contributed by atoms with E-state index in [4.69, 9.17) is 0 Å². The number of rotatable bonds is 1. The molecule has 0 aliphatic heterocycles. The van der Waals surface area contributed by atoms with E-state index < -0.39 is 0 Å². The van der Waals surface area contributed by atoms with Gasteiger partial charge < -0.3 is 4.98 Å². The van der Waals surface area contributed by atoms with Crippen molar-refractivity contribution in [1.82, 2.24) is 9.97 Å². The standard InChI is InChI=1S/C10H10N2O/c1-2-7-6-9(13)12-10-8(7)4-3-5-11-10/h3-6H,2H2,1H3,(H,11,12,13). The Hall–Kier alpha value is -1.64. The molecule has 2 aromatic heterocycles. The van der Waals surface area contributed by atoms with Gasteiger partial charge in [-0.15, -0.1) is 0 Å². The molecule has 3 nitrogen and oxygen atoms in total. The molecule has 0 fully saturated rings. The normalized spacial score (nSPS) is 10.5. The number of hydrogen-bond acceptors (Lipinski definition) is 2. The highest BCUT2D eigenvalue weighted by Gasteiger charge is 2.00. The fraction of sp³-hybridized carbons (Fsp3) is 0.200. The van der Waals surface area contributed by atoms with Gasteiger partial charge in [-0.3, -0.25) is 4.79 Å². The Balaban J connectivity index is 2.89. The van der Waals surface area contributed by atoms with Crippen LogP contribution < -0.4 is 5.56 Å². The van der Waals surface area contributed by atoms with Crippen LogP contribution in [0.4, 0.5) is 0 Å². The molecule has 0 bridgehead atoms. The third-order valence-corrected chi connectivity index (χ3v) is 2.08. The maximum atomic E-state index is 11.2. The third kappa shape index (κ3) is 1.33. The van der Waals surface area contributed by atoms with Crippen molar-refractivity contribution >= 4 is 11.0 Å². The zero-order valence-electron chi connectivity index (χ0n) is 7.37. The van der Waals surface area contributed by atoms with Gasteiger partial charge in [0.1, 0.15) is 5.65 Å². The molecule has 66 valence electrons. The molecule has 13 heavy (non-hydrogen) atoms. The molecule has 1 N–H and O–H groups in total. The van der Waals surface area contributed by atoms with Crippen LogP contribution in [0.15, 0.2) is 29.2 Å². The molecule has 2 aromatic rings. The summed E-state index contributed by atoms with van der Waals surface area (Å²) in [5, 5.41) is 1.03. The van der Waals surface area contributed by atoms with Crippen LogP contribution in [0.2, 0.25) is 0 Å². The van der Waals surface area contributed by atoms with Gasteiger partial charge in [0.2, 0.25) is 5.56 Å². The molecular formula is C10H10N2O. The average Bonchev–Trinajstić information content (AvgIpc) is 2.16. The second-order valence-corrected chi connectivity index (χ2v) is 2.91. The minimum atomic E-state index is -0.0805. The van der Waals surface area contributed by atoms with E-state index in [2.05, 4.69) is 9.97 Å². The van der Waals surface area contributed by atoms with Crippen molar-refractivity contribution in [2.24, 2.45) is 0 Å². The highest BCUT2D eigenvalue weighted by Crippen LogP contribution is 2.11. The molecule has 0 spiro atoms. The van der Waals surface area contributed by atoms with Gasteiger partial charge in [-0.1, -0.05) is 6.92 Å². The smallest absolute Gasteiger partial charge is 0.249 e. The quantitative estimate of drug-likeness (QED) is 0.711. The van der Waals surface area contributed by atoms with Gasteiger partial charge >= 0.3 is 0 Å². The van der Waals surface area contributed by atoms with E-state index in [1.807, 2.05) is 19.1 Å². The molecule has 0 aliphatic carbocycles. The van der Waals surface area contributed by atoms with E-state index in [1.54, 1.807) is 12.3 Å². The van der Waals surface area contributed by atoms with Gasteiger partial charge in [0.15, 0.2) is 0 Å². The predicted molar refractivity (Wildman–Crippen MR) is 51.7 cm³/mol. The lowest BCUT2D eigenvalue weighted by Gasteiger charge is -2.01. The minimum absolute atomic E-state index is 0.0805. The Morgan fingerprint density at radius 1 is 1.54 bits per heavy atom. The first-order valence-electron chi connectivity index (χ1n) is 4.28. The Labute approximate surface area is 75.4 Å². The topological polar surface area (TPSA) is 45.8 Å². The Bertz CT molecular complexity index is 487. The van der Waals surface area contributed by atoms with Crippen molar-refractivity contribution in [3.8, 4) is 0 Å². The molecule has 0 saturated carbocycles. The molecule has 0 atom stereocenters. The average molecular weight is 174 g/mol. The lowest BCUT2D eigenvalue weighted by Crippen LogP contribution is -2.06. The summed E-state index contributed by atoms with van der Waals surface area (Å²) in [5.74, 6) is 0. The summed E-state index contributed by atoms with van der Waals surface area (Å²) in [6.45, 7) is 2.03. The van der Waals surface area contributed by atoms with E-state index in [-0.39, 0.29) is 5.56 Å². The second kappa shape index (κ2) is 3.01. The molecule has 0 saturated heterocycles. The number of H-pyrrole nitrogens is 1. The fourth-order valence-corrected chi connectivity index (χ4v) is 1.45. The van der Waals surface area contributed by atoms with Crippen molar-refractivity contribution in [2.75, 3.05) is 0 Å². The molecule has 0 amide bonds. The zero-order valence-corrected chi connectivity index (χ0v) is 7.37. The Morgan fingerprint density at radius 2 is 2.38 bits per heavy atom. The number of aryl methyl sites for hydroxylation is 1. The van der Waals surface area contributed by atoms with E-state index in [9.17, 15) is 4.79 Å². The van der Waals surface area contributed by atoms with Crippen molar-refractivity contribution in [3.05, 3.63) is 40.3 Å². The number of fused-ring (bicyclic) bond motifs is 1. The molecule has 0 unspecified atom stereocenters. The first-order valence-corrected chi connectivity index (χ1v) is 4.28. The summed E-state index contributed by atoms with van der Waals surface area (Å²) in [7, 11) is 0. The second-order valence-electron chi connectivity index (χ2n) is 2.91. The summed E-state index contributed by atoms with van der Waals surface area (Å²) in [6, 6.07) is 5.47. The zero-order chi connectivity index (χ0) is 9.26. The molecule has 0 aromatic carbocycles. The van der Waals surface area contributed by atoms with Gasteiger partial charge in [-0.05, 0) is 24.1 Å². The fourth-order valence-electron chi connectivity index (χ4n) is 1.45. The maximum Gasteiger partial charge on any atom is 0.249 e. The Kier molecular flexibility index (Phi) is 1.85. The molecule has 2 rings (SSSR count). The van der Waals surface area contributed by atoms with Crippen molar-refractivity contribution in [1.29, 1.82) is 0 Å². The van der Waals surface area contributed by atoms with E-state index >= 15 is 0 Å². The van der Waals surface area contributed by atoms with Crippen LogP contribution >= 0.6 is 0 Å². The van der Waals surface area contributed by atoms with Gasteiger partial charge in [0.25, 0.3) is 0 Å². The van der Waals surface area contributed by atoms with Crippen LogP contribution in [0.3, 0.4) is 0 Å². The summed E-state index contributed by atoms with van der Waals surface area (Å²) in [6.07, 6.45) is 2.53. The van der Waals surface area contributed by atoms with E-state index in [1.165, 1.54) is 0 Å². The van der Waals surface area contributed by atoms with Gasteiger partial charge in [-0.25, -0.2) is 4.98 Å². The third-order valence-electron chi connectivity index (χ3n) is 2.08. The van der Waals surface area contributed by atoms with E-state index in [0.717, 1.165) is 17.4 Å². The summed E-state index contributed by atoms with van der Waals surface area (Å²) < 4.78 is 0. The van der Waals surface area contributed by atoms with Crippen LogP contribution in [0, 0.1) is 0 Å². The number of nitrogens with one attached hydrogen (secondary N) is 1. The number of nitrogens with zero attached hydrogens (tertiary/aromatic N) is 1. The van der Waals surface area contributed by atoms with Gasteiger partial charge in [0, 0.05) is 17.6 Å². The van der Waals surface area contributed by atoms with Crippen LogP contribution in [0.25, 0.3) is 11.0 Å². The van der Waals surface area contributed by atoms with Crippen LogP contribution in [0.5, 0.6) is 0 Å². The summed E-state index contributed by atoms with van der Waals surface area (Å²) in [5.41, 5.74) is 1.64. The lowest BCUT2D eigenvalue weighted by molar-refractivity contribution is 1.12. The van der Waals surface area contributed by atoms with E-state index in [0.29, 0.717) is 5.65 Å². The monoisotopic (exact) mass is 174 g/mol. The van der Waals surface area contributed by atoms with Crippen molar-refractivity contribution in [3.63, 3.8) is 0 Å². The highest BCUT2D eigenvalue weighted by atomic mass is 16.1. The molecule has 0 radical (unpaired) electrons. The van der Waals surface area contributed by atoms with Crippen LogP contribution in [-0.2, 0) is 6.42 Å².